The highest BCUT2D eigenvalue weighted by Crippen LogP contribution is 2.26. The van der Waals surface area contributed by atoms with Crippen molar-refractivity contribution in [3.05, 3.63) is 50.3 Å². The second-order valence-corrected chi connectivity index (χ2v) is 5.05. The molecule has 1 amide bonds. The van der Waals surface area contributed by atoms with Crippen LogP contribution in [0, 0.1) is 0 Å². The summed E-state index contributed by atoms with van der Waals surface area (Å²) in [5.41, 5.74) is 0.281. The highest BCUT2D eigenvalue weighted by Gasteiger charge is 2.13. The Morgan fingerprint density at radius 1 is 1.00 bits per heavy atom. The molecule has 0 spiro atoms. The van der Waals surface area contributed by atoms with Crippen molar-refractivity contribution in [1.29, 1.82) is 0 Å². The van der Waals surface area contributed by atoms with Gasteiger partial charge in [0.05, 0.1) is 0 Å². The molecule has 0 unspecified atom stereocenters. The van der Waals surface area contributed by atoms with Crippen molar-refractivity contribution < 1.29 is 4.79 Å². The van der Waals surface area contributed by atoms with Gasteiger partial charge in [0.2, 0.25) is 0 Å². The minimum Gasteiger partial charge on any atom is -0.305 e. The first kappa shape index (κ1) is 14.3. The molecule has 4 nitrogen and oxygen atoms in total. The van der Waals surface area contributed by atoms with Gasteiger partial charge in [0.15, 0.2) is 11.0 Å². The zero-order valence-corrected chi connectivity index (χ0v) is 12.1. The topological polar surface area (TPSA) is 54.9 Å². The van der Waals surface area contributed by atoms with Gasteiger partial charge in [-0.05, 0) is 18.2 Å². The van der Waals surface area contributed by atoms with Gasteiger partial charge in [-0.25, -0.2) is 9.97 Å². The van der Waals surface area contributed by atoms with Gasteiger partial charge in [-0.15, -0.1) is 0 Å². The van der Waals surface area contributed by atoms with Crippen LogP contribution in [0.4, 0.5) is 5.82 Å². The third kappa shape index (κ3) is 3.48. The van der Waals surface area contributed by atoms with Crippen molar-refractivity contribution in [3.8, 4) is 0 Å². The first-order valence-corrected chi connectivity index (χ1v) is 6.42. The number of hydrogen-bond donors (Lipinski definition) is 1. The lowest BCUT2D eigenvalue weighted by molar-refractivity contribution is 0.102. The van der Waals surface area contributed by atoms with E-state index in [-0.39, 0.29) is 21.6 Å². The van der Waals surface area contributed by atoms with Gasteiger partial charge in [0.25, 0.3) is 5.91 Å². The molecule has 0 aliphatic heterocycles. The lowest BCUT2D eigenvalue weighted by atomic mass is 10.2. The van der Waals surface area contributed by atoms with Crippen LogP contribution in [-0.2, 0) is 0 Å². The molecular weight excluding hydrogens is 332 g/mol. The van der Waals surface area contributed by atoms with E-state index in [0.29, 0.717) is 10.0 Å². The molecular formula is C11H5Cl4N3O. The summed E-state index contributed by atoms with van der Waals surface area (Å²) >= 11 is 23.2. The van der Waals surface area contributed by atoms with Crippen LogP contribution in [0.1, 0.15) is 10.4 Å². The smallest absolute Gasteiger partial charge is 0.256 e. The number of rotatable bonds is 2. The Morgan fingerprint density at radius 3 is 2.26 bits per heavy atom. The zero-order valence-electron chi connectivity index (χ0n) is 9.12. The van der Waals surface area contributed by atoms with E-state index in [9.17, 15) is 4.79 Å². The summed E-state index contributed by atoms with van der Waals surface area (Å²) in [6.45, 7) is 0. The standard InChI is InChI=1S/C11H5Cl4N3O/c12-6-1-5(2-7(13)3-6)11(19)18-10-8(14)9(15)16-4-17-10/h1-4H,(H,16,17,18,19). The summed E-state index contributed by atoms with van der Waals surface area (Å²) in [5.74, 6) is -0.344. The number of nitrogens with one attached hydrogen (secondary N) is 1. The number of benzene rings is 1. The summed E-state index contributed by atoms with van der Waals surface area (Å²) in [7, 11) is 0. The van der Waals surface area contributed by atoms with Crippen LogP contribution in [0.2, 0.25) is 20.2 Å². The molecule has 0 atom stereocenters. The van der Waals surface area contributed by atoms with Crippen molar-refractivity contribution in [2.24, 2.45) is 0 Å². The quantitative estimate of drug-likeness (QED) is 0.830. The molecule has 1 aromatic carbocycles. The Bertz CT molecular complexity index is 628. The van der Waals surface area contributed by atoms with E-state index in [1.807, 2.05) is 0 Å². The average molecular weight is 337 g/mol. The molecule has 1 N–H and O–H groups in total. The van der Waals surface area contributed by atoms with E-state index in [0.717, 1.165) is 0 Å². The molecule has 0 saturated heterocycles. The molecule has 0 saturated carbocycles. The van der Waals surface area contributed by atoms with Crippen LogP contribution >= 0.6 is 46.4 Å². The number of anilines is 1. The van der Waals surface area contributed by atoms with Crippen molar-refractivity contribution in [3.63, 3.8) is 0 Å². The van der Waals surface area contributed by atoms with Crippen LogP contribution in [0.5, 0.6) is 0 Å². The Kier molecular flexibility index (Phi) is 4.47. The lowest BCUT2D eigenvalue weighted by Gasteiger charge is -2.07. The summed E-state index contributed by atoms with van der Waals surface area (Å²) in [6.07, 6.45) is 1.19. The fourth-order valence-corrected chi connectivity index (χ4v) is 2.10. The monoisotopic (exact) mass is 335 g/mol. The van der Waals surface area contributed by atoms with Crippen LogP contribution in [0.15, 0.2) is 24.5 Å². The maximum absolute atomic E-state index is 12.0. The van der Waals surface area contributed by atoms with E-state index < -0.39 is 5.91 Å². The minimum absolute atomic E-state index is 0.0519. The molecule has 1 aromatic heterocycles. The molecule has 2 rings (SSSR count). The van der Waals surface area contributed by atoms with Crippen LogP contribution in [-0.4, -0.2) is 15.9 Å². The minimum atomic E-state index is -0.457. The number of amides is 1. The summed E-state index contributed by atoms with van der Waals surface area (Å²) in [4.78, 5) is 19.5. The molecule has 0 radical (unpaired) electrons. The van der Waals surface area contributed by atoms with Crippen LogP contribution in [0.25, 0.3) is 0 Å². The first-order chi connectivity index (χ1) is 8.97. The van der Waals surface area contributed by atoms with Crippen molar-refractivity contribution >= 4 is 58.1 Å². The van der Waals surface area contributed by atoms with E-state index in [1.165, 1.54) is 24.5 Å². The third-order valence-corrected chi connectivity index (χ3v) is 3.28. The molecule has 0 bridgehead atoms. The van der Waals surface area contributed by atoms with Gasteiger partial charge in [-0.2, -0.15) is 0 Å². The zero-order chi connectivity index (χ0) is 14.0. The Hall–Kier alpha value is -1.07. The molecule has 0 fully saturated rings. The van der Waals surface area contributed by atoms with Gasteiger partial charge < -0.3 is 5.32 Å². The first-order valence-electron chi connectivity index (χ1n) is 4.91. The highest BCUT2D eigenvalue weighted by molar-refractivity contribution is 6.43. The number of carbonyl (C=O) groups excluding carboxylic acids is 1. The number of carbonyl (C=O) groups is 1. The number of halogens is 4. The Balaban J connectivity index is 2.28. The SMILES string of the molecule is O=C(Nc1ncnc(Cl)c1Cl)c1cc(Cl)cc(Cl)c1. The van der Waals surface area contributed by atoms with E-state index in [1.54, 1.807) is 0 Å². The van der Waals surface area contributed by atoms with E-state index >= 15 is 0 Å². The van der Waals surface area contributed by atoms with Gasteiger partial charge >= 0.3 is 0 Å². The van der Waals surface area contributed by atoms with Crippen molar-refractivity contribution in [1.82, 2.24) is 9.97 Å². The summed E-state index contributed by atoms with van der Waals surface area (Å²) in [6, 6.07) is 4.47. The molecule has 19 heavy (non-hydrogen) atoms. The summed E-state index contributed by atoms with van der Waals surface area (Å²) < 4.78 is 0. The fraction of sp³-hybridized carbons (Fsp3) is 0. The number of aromatic nitrogens is 2. The molecule has 8 heteroatoms. The maximum atomic E-state index is 12.0. The number of nitrogens with zero attached hydrogens (tertiary/aromatic N) is 2. The van der Waals surface area contributed by atoms with Gasteiger partial charge in [0, 0.05) is 15.6 Å². The molecule has 1 heterocycles. The van der Waals surface area contributed by atoms with E-state index in [2.05, 4.69) is 15.3 Å². The fourth-order valence-electron chi connectivity index (χ4n) is 1.30. The highest BCUT2D eigenvalue weighted by atomic mass is 35.5. The second kappa shape index (κ2) is 5.92. The molecule has 0 aliphatic carbocycles. The predicted molar refractivity (Wildman–Crippen MR) is 76.5 cm³/mol. The van der Waals surface area contributed by atoms with Crippen LogP contribution < -0.4 is 5.32 Å². The predicted octanol–water partition coefficient (Wildman–Crippen LogP) is 4.34. The van der Waals surface area contributed by atoms with Crippen molar-refractivity contribution in [2.45, 2.75) is 0 Å². The largest absolute Gasteiger partial charge is 0.305 e. The molecule has 98 valence electrons. The summed E-state index contributed by atoms with van der Waals surface area (Å²) in [5, 5.41) is 3.31. The van der Waals surface area contributed by atoms with Crippen molar-refractivity contribution in [2.75, 3.05) is 5.32 Å². The molecule has 2 aromatic rings. The average Bonchev–Trinajstić information content (AvgIpc) is 2.33. The van der Waals surface area contributed by atoms with E-state index in [4.69, 9.17) is 46.4 Å². The number of hydrogen-bond acceptors (Lipinski definition) is 3. The Morgan fingerprint density at radius 2 is 1.63 bits per heavy atom. The normalized spacial score (nSPS) is 10.3. The van der Waals surface area contributed by atoms with Gasteiger partial charge in [-0.1, -0.05) is 46.4 Å². The van der Waals surface area contributed by atoms with Crippen LogP contribution in [0.3, 0.4) is 0 Å². The van der Waals surface area contributed by atoms with Gasteiger partial charge in [0.1, 0.15) is 11.3 Å². The third-order valence-electron chi connectivity index (χ3n) is 2.10. The van der Waals surface area contributed by atoms with Gasteiger partial charge in [-0.3, -0.25) is 4.79 Å². The second-order valence-electron chi connectivity index (χ2n) is 3.44. The Labute approximate surface area is 128 Å². The lowest BCUT2D eigenvalue weighted by Crippen LogP contribution is -2.13. The maximum Gasteiger partial charge on any atom is 0.256 e. The molecule has 0 aliphatic rings.